The highest BCUT2D eigenvalue weighted by molar-refractivity contribution is 6.21. The zero-order chi connectivity index (χ0) is 30.9. The van der Waals surface area contributed by atoms with Crippen molar-refractivity contribution >= 4 is 11.8 Å². The van der Waals surface area contributed by atoms with Crippen LogP contribution in [0.4, 0.5) is 0 Å². The van der Waals surface area contributed by atoms with Crippen LogP contribution >= 0.6 is 0 Å². The van der Waals surface area contributed by atoms with E-state index in [1.54, 1.807) is 24.3 Å². The Balaban J connectivity index is 0.943. The molecule has 0 spiro atoms. The van der Waals surface area contributed by atoms with E-state index >= 15 is 0 Å². The Kier molecular flexibility index (Phi) is 20.1. The highest BCUT2D eigenvalue weighted by Crippen LogP contribution is 2.21. The lowest BCUT2D eigenvalue weighted by Crippen LogP contribution is -2.33. The number of amides is 2. The second-order valence-corrected chi connectivity index (χ2v) is 9.87. The molecule has 1 atom stereocenters. The van der Waals surface area contributed by atoms with Gasteiger partial charge in [-0.05, 0) is 31.4 Å². The first-order chi connectivity index (χ1) is 21.8. The number of carbonyl (C=O) groups is 2. The summed E-state index contributed by atoms with van der Waals surface area (Å²) in [4.78, 5) is 25.8. The monoisotopic (exact) mass is 627 g/mol. The third-order valence-corrected chi connectivity index (χ3v) is 6.61. The van der Waals surface area contributed by atoms with Gasteiger partial charge in [0.1, 0.15) is 0 Å². The maximum Gasteiger partial charge on any atom is 0.261 e. The molecule has 44 heavy (non-hydrogen) atoms. The maximum absolute atomic E-state index is 12.3. The molecule has 250 valence electrons. The van der Waals surface area contributed by atoms with Crippen LogP contribution in [0.3, 0.4) is 0 Å². The summed E-state index contributed by atoms with van der Waals surface area (Å²) in [5.74, 6) is -0.550. The fourth-order valence-corrected chi connectivity index (χ4v) is 4.32. The van der Waals surface area contributed by atoms with Gasteiger partial charge in [-0.25, -0.2) is 0 Å². The van der Waals surface area contributed by atoms with Gasteiger partial charge in [0, 0.05) is 6.61 Å². The Morgan fingerprint density at radius 1 is 0.545 bits per heavy atom. The maximum atomic E-state index is 12.3. The van der Waals surface area contributed by atoms with Gasteiger partial charge in [0.05, 0.1) is 130 Å². The van der Waals surface area contributed by atoms with Gasteiger partial charge in [0.25, 0.3) is 11.8 Å². The predicted molar refractivity (Wildman–Crippen MR) is 158 cm³/mol. The minimum atomic E-state index is -0.275. The van der Waals surface area contributed by atoms with E-state index < -0.39 is 0 Å². The first-order valence-electron chi connectivity index (χ1n) is 15.6. The molecule has 0 aromatic heterocycles. The van der Waals surface area contributed by atoms with Crippen molar-refractivity contribution in [1.82, 2.24) is 4.90 Å². The standard InChI is InChI=1S/C31H49NO12/c33-30-27-5-1-2-6-28(27)31(34)32(30)8-10-35-11-12-36-13-14-37-15-16-38-17-18-39-19-20-40-21-22-41-23-24-42-25-26-44-29-7-3-4-9-43-29/h1-2,5-6,29H,3-4,7-26H2. The molecule has 0 aliphatic carbocycles. The minimum Gasteiger partial charge on any atom is -0.377 e. The zero-order valence-electron chi connectivity index (χ0n) is 25.8. The summed E-state index contributed by atoms with van der Waals surface area (Å²) in [5, 5.41) is 0. The summed E-state index contributed by atoms with van der Waals surface area (Å²) in [6.45, 7) is 8.99. The van der Waals surface area contributed by atoms with Crippen LogP contribution in [0.15, 0.2) is 24.3 Å². The van der Waals surface area contributed by atoms with Crippen LogP contribution in [0.1, 0.15) is 40.0 Å². The van der Waals surface area contributed by atoms with Gasteiger partial charge < -0.3 is 47.4 Å². The molecular weight excluding hydrogens is 578 g/mol. The van der Waals surface area contributed by atoms with E-state index in [1.165, 1.54) is 4.90 Å². The summed E-state index contributed by atoms with van der Waals surface area (Å²) in [6.07, 6.45) is 3.17. The van der Waals surface area contributed by atoms with E-state index in [0.717, 1.165) is 25.9 Å². The van der Waals surface area contributed by atoms with Crippen molar-refractivity contribution in [3.8, 4) is 0 Å². The number of carbonyl (C=O) groups excluding carboxylic acids is 2. The van der Waals surface area contributed by atoms with Crippen molar-refractivity contribution in [3.63, 3.8) is 0 Å². The molecule has 0 radical (unpaired) electrons. The van der Waals surface area contributed by atoms with E-state index in [-0.39, 0.29) is 31.3 Å². The first kappa shape index (κ1) is 36.4. The topological polar surface area (TPSA) is 130 Å². The van der Waals surface area contributed by atoms with Crippen LogP contribution in [0, 0.1) is 0 Å². The van der Waals surface area contributed by atoms with Crippen LogP contribution in [-0.4, -0.2) is 148 Å². The predicted octanol–water partition coefficient (Wildman–Crippen LogP) is 1.96. The van der Waals surface area contributed by atoms with Crippen molar-refractivity contribution in [3.05, 3.63) is 35.4 Å². The number of ether oxygens (including phenoxy) is 10. The Morgan fingerprint density at radius 3 is 1.32 bits per heavy atom. The second-order valence-electron chi connectivity index (χ2n) is 9.87. The van der Waals surface area contributed by atoms with Crippen molar-refractivity contribution in [1.29, 1.82) is 0 Å². The molecule has 2 heterocycles. The molecule has 1 aromatic rings. The molecular formula is C31H49NO12. The first-order valence-corrected chi connectivity index (χ1v) is 15.6. The quantitative estimate of drug-likeness (QED) is 0.0995. The number of imide groups is 1. The van der Waals surface area contributed by atoms with Crippen LogP contribution in [0.25, 0.3) is 0 Å². The average molecular weight is 628 g/mol. The lowest BCUT2D eigenvalue weighted by atomic mass is 10.1. The Bertz CT molecular complexity index is 863. The van der Waals surface area contributed by atoms with Gasteiger partial charge >= 0.3 is 0 Å². The van der Waals surface area contributed by atoms with Gasteiger partial charge in [0.15, 0.2) is 6.29 Å². The van der Waals surface area contributed by atoms with Crippen LogP contribution in [-0.2, 0) is 47.4 Å². The molecule has 1 fully saturated rings. The highest BCUT2D eigenvalue weighted by Gasteiger charge is 2.34. The zero-order valence-corrected chi connectivity index (χ0v) is 25.8. The van der Waals surface area contributed by atoms with Gasteiger partial charge in [-0.1, -0.05) is 12.1 Å². The lowest BCUT2D eigenvalue weighted by Gasteiger charge is -2.22. The van der Waals surface area contributed by atoms with E-state index in [9.17, 15) is 9.59 Å². The van der Waals surface area contributed by atoms with Crippen molar-refractivity contribution < 1.29 is 57.0 Å². The molecule has 0 bridgehead atoms. The fraction of sp³-hybridized carbons (Fsp3) is 0.742. The SMILES string of the molecule is O=C1c2ccccc2C(=O)N1CCOCCOCCOCCOCCOCCOCCOCCOCCOC1CCCCO1. The molecule has 1 unspecified atom stereocenters. The third kappa shape index (κ3) is 15.3. The molecule has 0 N–H and O–H groups in total. The molecule has 3 rings (SSSR count). The van der Waals surface area contributed by atoms with Crippen LogP contribution in [0.5, 0.6) is 0 Å². The molecule has 2 amide bonds. The minimum absolute atomic E-state index is 0.0723. The normalized spacial score (nSPS) is 16.6. The molecule has 13 nitrogen and oxygen atoms in total. The van der Waals surface area contributed by atoms with Gasteiger partial charge in [0.2, 0.25) is 0 Å². The van der Waals surface area contributed by atoms with Gasteiger partial charge in [-0.3, -0.25) is 14.5 Å². The van der Waals surface area contributed by atoms with E-state index in [2.05, 4.69) is 0 Å². The average Bonchev–Trinajstić information content (AvgIpc) is 3.29. The second kappa shape index (κ2) is 24.2. The molecule has 1 saturated heterocycles. The van der Waals surface area contributed by atoms with Crippen LogP contribution in [0.2, 0.25) is 0 Å². The highest BCUT2D eigenvalue weighted by atomic mass is 16.7. The van der Waals surface area contributed by atoms with E-state index in [0.29, 0.717) is 117 Å². The van der Waals surface area contributed by atoms with Crippen molar-refractivity contribution in [2.75, 3.05) is 125 Å². The van der Waals surface area contributed by atoms with Gasteiger partial charge in [-0.2, -0.15) is 0 Å². The molecule has 13 heteroatoms. The Labute approximate surface area is 260 Å². The van der Waals surface area contributed by atoms with Crippen molar-refractivity contribution in [2.45, 2.75) is 25.6 Å². The smallest absolute Gasteiger partial charge is 0.261 e. The van der Waals surface area contributed by atoms with Crippen LogP contribution < -0.4 is 0 Å². The summed E-state index contributed by atoms with van der Waals surface area (Å²) in [6, 6.07) is 6.82. The van der Waals surface area contributed by atoms with E-state index in [1.807, 2.05) is 0 Å². The number of hydrogen-bond acceptors (Lipinski definition) is 12. The summed E-state index contributed by atoms with van der Waals surface area (Å²) >= 11 is 0. The molecule has 2 aliphatic rings. The molecule has 1 aromatic carbocycles. The summed E-state index contributed by atoms with van der Waals surface area (Å²) in [7, 11) is 0. The van der Waals surface area contributed by atoms with Crippen molar-refractivity contribution in [2.24, 2.45) is 0 Å². The number of benzene rings is 1. The largest absolute Gasteiger partial charge is 0.377 e. The number of nitrogens with zero attached hydrogens (tertiary/aromatic N) is 1. The molecule has 0 saturated carbocycles. The Morgan fingerprint density at radius 2 is 0.932 bits per heavy atom. The van der Waals surface area contributed by atoms with Gasteiger partial charge in [-0.15, -0.1) is 0 Å². The Hall–Kier alpha value is -2.04. The number of fused-ring (bicyclic) bond motifs is 1. The summed E-state index contributed by atoms with van der Waals surface area (Å²) < 4.78 is 54.9. The fourth-order valence-electron chi connectivity index (χ4n) is 4.32. The summed E-state index contributed by atoms with van der Waals surface area (Å²) in [5.41, 5.74) is 0.889. The molecule has 2 aliphatic heterocycles. The lowest BCUT2D eigenvalue weighted by molar-refractivity contribution is -0.169. The van der Waals surface area contributed by atoms with E-state index in [4.69, 9.17) is 47.4 Å². The number of rotatable bonds is 28. The third-order valence-electron chi connectivity index (χ3n) is 6.61. The number of hydrogen-bond donors (Lipinski definition) is 0.